The van der Waals surface area contributed by atoms with Crippen molar-refractivity contribution in [1.29, 1.82) is 0 Å². The first kappa shape index (κ1) is 22.4. The van der Waals surface area contributed by atoms with E-state index in [0.29, 0.717) is 28.0 Å². The van der Waals surface area contributed by atoms with Gasteiger partial charge in [0.2, 0.25) is 0 Å². The van der Waals surface area contributed by atoms with E-state index >= 15 is 4.39 Å². The molecule has 3 heterocycles. The average molecular weight is 505 g/mol. The number of thiazole rings is 1. The van der Waals surface area contributed by atoms with Gasteiger partial charge in [-0.05, 0) is 55.0 Å². The summed E-state index contributed by atoms with van der Waals surface area (Å²) in [6.07, 6.45) is 0.606. The highest BCUT2D eigenvalue weighted by molar-refractivity contribution is 7.22. The van der Waals surface area contributed by atoms with Gasteiger partial charge in [0, 0.05) is 17.5 Å². The van der Waals surface area contributed by atoms with Crippen LogP contribution in [0.5, 0.6) is 5.75 Å². The molecular weight excluding hydrogens is 486 g/mol. The summed E-state index contributed by atoms with van der Waals surface area (Å²) in [5.74, 6) is -2.77. The summed E-state index contributed by atoms with van der Waals surface area (Å²) < 4.78 is 35.0. The van der Waals surface area contributed by atoms with Crippen LogP contribution in [-0.4, -0.2) is 27.9 Å². The number of aliphatic hydroxyl groups is 1. The van der Waals surface area contributed by atoms with Crippen molar-refractivity contribution in [3.05, 3.63) is 94.6 Å². The van der Waals surface area contributed by atoms with E-state index in [2.05, 4.69) is 4.98 Å². The monoisotopic (exact) mass is 504 g/mol. The van der Waals surface area contributed by atoms with Crippen LogP contribution >= 0.6 is 11.3 Å². The Morgan fingerprint density at radius 1 is 1.11 bits per heavy atom. The molecule has 1 saturated heterocycles. The second-order valence-corrected chi connectivity index (χ2v) is 9.76. The molecule has 9 heteroatoms. The fourth-order valence-electron chi connectivity index (χ4n) is 4.74. The van der Waals surface area contributed by atoms with Gasteiger partial charge in [-0.25, -0.2) is 13.8 Å². The van der Waals surface area contributed by atoms with E-state index in [-0.39, 0.29) is 22.4 Å². The van der Waals surface area contributed by atoms with Gasteiger partial charge in [0.1, 0.15) is 35.3 Å². The molecule has 0 saturated carbocycles. The minimum absolute atomic E-state index is 0.0229. The predicted molar refractivity (Wildman–Crippen MR) is 131 cm³/mol. The smallest absolute Gasteiger partial charge is 0.301 e. The Bertz CT molecular complexity index is 1610. The highest BCUT2D eigenvalue weighted by Crippen LogP contribution is 2.45. The van der Waals surface area contributed by atoms with Crippen molar-refractivity contribution in [2.75, 3.05) is 4.90 Å². The molecule has 4 aromatic rings. The maximum atomic E-state index is 15.1. The normalized spacial score (nSPS) is 20.7. The first-order valence-corrected chi connectivity index (χ1v) is 12.0. The molecule has 180 valence electrons. The van der Waals surface area contributed by atoms with Crippen LogP contribution in [0.25, 0.3) is 16.0 Å². The molecule has 0 radical (unpaired) electrons. The van der Waals surface area contributed by atoms with Crippen molar-refractivity contribution < 1.29 is 28.2 Å². The molecule has 0 spiro atoms. The van der Waals surface area contributed by atoms with E-state index < -0.39 is 35.1 Å². The summed E-state index contributed by atoms with van der Waals surface area (Å²) >= 11 is 1.00. The number of carbonyl (C=O) groups is 2. The van der Waals surface area contributed by atoms with E-state index in [0.717, 1.165) is 21.8 Å². The van der Waals surface area contributed by atoms with Crippen molar-refractivity contribution in [3.63, 3.8) is 0 Å². The molecule has 1 fully saturated rings. The Labute approximate surface area is 208 Å². The maximum absolute atomic E-state index is 15.1. The lowest BCUT2D eigenvalue weighted by atomic mass is 9.94. The third-order valence-electron chi connectivity index (χ3n) is 6.36. The Morgan fingerprint density at radius 3 is 2.72 bits per heavy atom. The summed E-state index contributed by atoms with van der Waals surface area (Å²) in [7, 11) is 0. The number of aliphatic hydroxyl groups excluding tert-OH is 1. The molecule has 0 aliphatic carbocycles. The largest absolute Gasteiger partial charge is 0.507 e. The Hall–Kier alpha value is -4.11. The van der Waals surface area contributed by atoms with Crippen LogP contribution in [0.3, 0.4) is 0 Å². The lowest BCUT2D eigenvalue weighted by molar-refractivity contribution is -0.132. The van der Waals surface area contributed by atoms with Crippen LogP contribution in [-0.2, 0) is 16.0 Å². The number of rotatable bonds is 3. The molecule has 2 atom stereocenters. The van der Waals surface area contributed by atoms with Crippen molar-refractivity contribution in [1.82, 2.24) is 4.98 Å². The Kier molecular flexibility index (Phi) is 5.11. The van der Waals surface area contributed by atoms with E-state index in [1.807, 2.05) is 6.92 Å². The van der Waals surface area contributed by atoms with Crippen LogP contribution in [0, 0.1) is 11.6 Å². The molecule has 6 nitrogen and oxygen atoms in total. The van der Waals surface area contributed by atoms with Gasteiger partial charge in [0.15, 0.2) is 5.13 Å². The van der Waals surface area contributed by atoms with Gasteiger partial charge in [-0.1, -0.05) is 29.5 Å². The Balaban J connectivity index is 1.55. The van der Waals surface area contributed by atoms with Crippen LogP contribution in [0.1, 0.15) is 29.7 Å². The number of Topliss-reactive ketones (excluding diaryl/α,β-unsaturated/α-hetero) is 1. The van der Waals surface area contributed by atoms with Gasteiger partial charge in [-0.3, -0.25) is 14.5 Å². The second-order valence-electron chi connectivity index (χ2n) is 8.75. The van der Waals surface area contributed by atoms with Crippen LogP contribution in [0.2, 0.25) is 0 Å². The standard InChI is InChI=1S/C27H18F2N2O4S/c1-13-10-15-11-14(6-9-20(15)35-13)24(32)22-23(17-4-2-3-5-18(17)29)31(26(34)25(22)33)27-30-19-8-7-16(28)12-21(19)36-27/h2-9,11-13,23,32H,10H2,1H3/b24-22+/t13-,23-/m1/s1. The number of amides is 1. The Morgan fingerprint density at radius 2 is 1.92 bits per heavy atom. The molecule has 2 aliphatic heterocycles. The summed E-state index contributed by atoms with van der Waals surface area (Å²) in [5, 5.41) is 11.4. The summed E-state index contributed by atoms with van der Waals surface area (Å²) in [4.78, 5) is 32.1. The first-order chi connectivity index (χ1) is 17.3. The average Bonchev–Trinajstić information content (AvgIpc) is 3.51. The number of benzene rings is 3. The molecule has 0 bridgehead atoms. The van der Waals surface area contributed by atoms with E-state index in [9.17, 15) is 19.1 Å². The lowest BCUT2D eigenvalue weighted by Gasteiger charge is -2.23. The lowest BCUT2D eigenvalue weighted by Crippen LogP contribution is -2.29. The minimum Gasteiger partial charge on any atom is -0.507 e. The number of anilines is 1. The van der Waals surface area contributed by atoms with Crippen LogP contribution in [0.4, 0.5) is 13.9 Å². The zero-order chi connectivity index (χ0) is 25.1. The highest BCUT2D eigenvalue weighted by atomic mass is 32.1. The third-order valence-corrected chi connectivity index (χ3v) is 7.38. The fourth-order valence-corrected chi connectivity index (χ4v) is 5.75. The SMILES string of the molecule is C[C@@H]1Cc2cc(/C(O)=C3\C(=O)C(=O)N(c4nc5ccc(F)cc5s4)[C@@H]3c3ccccc3F)ccc2O1. The zero-order valence-corrected chi connectivity index (χ0v) is 19.7. The number of hydrogen-bond acceptors (Lipinski definition) is 6. The van der Waals surface area contributed by atoms with E-state index in [4.69, 9.17) is 4.74 Å². The van der Waals surface area contributed by atoms with Gasteiger partial charge in [-0.15, -0.1) is 0 Å². The van der Waals surface area contributed by atoms with Crippen molar-refractivity contribution in [2.24, 2.45) is 0 Å². The molecule has 6 rings (SSSR count). The molecular formula is C27H18F2N2O4S. The number of ether oxygens (including phenoxy) is 1. The second kappa shape index (κ2) is 8.23. The predicted octanol–water partition coefficient (Wildman–Crippen LogP) is 5.52. The van der Waals surface area contributed by atoms with E-state index in [1.54, 1.807) is 24.3 Å². The third kappa shape index (κ3) is 3.46. The molecule has 1 amide bonds. The van der Waals surface area contributed by atoms with Crippen molar-refractivity contribution in [2.45, 2.75) is 25.5 Å². The molecule has 3 aromatic carbocycles. The minimum atomic E-state index is -1.26. The summed E-state index contributed by atoms with van der Waals surface area (Å²) in [5.41, 5.74) is 1.39. The zero-order valence-electron chi connectivity index (χ0n) is 18.9. The quantitative estimate of drug-likeness (QED) is 0.226. The topological polar surface area (TPSA) is 79.7 Å². The number of aromatic nitrogens is 1. The summed E-state index contributed by atoms with van der Waals surface area (Å²) in [6, 6.07) is 13.5. The number of ketones is 1. The number of fused-ring (bicyclic) bond motifs is 2. The van der Waals surface area contributed by atoms with Crippen LogP contribution in [0.15, 0.2) is 66.2 Å². The fraction of sp³-hybridized carbons (Fsp3) is 0.148. The molecule has 1 aromatic heterocycles. The highest BCUT2D eigenvalue weighted by Gasteiger charge is 2.49. The van der Waals surface area contributed by atoms with Gasteiger partial charge < -0.3 is 9.84 Å². The van der Waals surface area contributed by atoms with Crippen molar-refractivity contribution >= 4 is 44.1 Å². The van der Waals surface area contributed by atoms with Crippen molar-refractivity contribution in [3.8, 4) is 5.75 Å². The van der Waals surface area contributed by atoms with E-state index in [1.165, 1.54) is 36.4 Å². The van der Waals surface area contributed by atoms with Gasteiger partial charge >= 0.3 is 5.91 Å². The van der Waals surface area contributed by atoms with Gasteiger partial charge in [-0.2, -0.15) is 0 Å². The summed E-state index contributed by atoms with van der Waals surface area (Å²) in [6.45, 7) is 1.92. The molecule has 0 unspecified atom stereocenters. The first-order valence-electron chi connectivity index (χ1n) is 11.2. The van der Waals surface area contributed by atoms with Gasteiger partial charge in [0.05, 0.1) is 15.8 Å². The molecule has 1 N–H and O–H groups in total. The van der Waals surface area contributed by atoms with Gasteiger partial charge in [0.25, 0.3) is 5.78 Å². The number of carbonyl (C=O) groups excluding carboxylic acids is 2. The number of halogens is 2. The maximum Gasteiger partial charge on any atom is 0.301 e. The molecule has 2 aliphatic rings. The molecule has 36 heavy (non-hydrogen) atoms. The van der Waals surface area contributed by atoms with Crippen LogP contribution < -0.4 is 9.64 Å². The number of nitrogens with zero attached hydrogens (tertiary/aromatic N) is 2. The number of hydrogen-bond donors (Lipinski definition) is 1.